The van der Waals surface area contributed by atoms with Gasteiger partial charge in [-0.3, -0.25) is 11.5 Å². The van der Waals surface area contributed by atoms with Crippen molar-refractivity contribution in [2.45, 2.75) is 0 Å². The Labute approximate surface area is 216 Å². The molecular weight excluding hydrogens is 568 g/mol. The molecule has 0 spiro atoms. The summed E-state index contributed by atoms with van der Waals surface area (Å²) in [6.45, 7) is 0. The van der Waals surface area contributed by atoms with Crippen LogP contribution >= 0.6 is 22.7 Å². The molecule has 3 aromatic carbocycles. The number of para-hydroxylation sites is 2. The Morgan fingerprint density at radius 2 is 0.844 bits per heavy atom. The Balaban J connectivity index is 0.00000144. The molecule has 4 N–H and O–H groups in total. The van der Waals surface area contributed by atoms with Crippen molar-refractivity contribution in [3.63, 3.8) is 0 Å². The molecule has 32 heavy (non-hydrogen) atoms. The molecule has 4 nitrogen and oxygen atoms in total. The van der Waals surface area contributed by atoms with Crippen LogP contribution in [-0.4, -0.2) is 0 Å². The van der Waals surface area contributed by atoms with Gasteiger partial charge in [-0.15, -0.1) is 0 Å². The highest BCUT2D eigenvalue weighted by Gasteiger charge is 2.21. The molecule has 162 valence electrons. The topological polar surface area (TPSA) is 59.8 Å². The highest BCUT2D eigenvalue weighted by molar-refractivity contribution is 7.13. The molecule has 0 saturated heterocycles. The van der Waals surface area contributed by atoms with Crippen LogP contribution < -0.4 is 54.6 Å². The van der Waals surface area contributed by atoms with Gasteiger partial charge in [0.15, 0.2) is 11.4 Å². The number of rotatable bonds is 4. The van der Waals surface area contributed by atoms with Gasteiger partial charge in [0.05, 0.1) is 0 Å². The van der Waals surface area contributed by atoms with E-state index in [9.17, 15) is 0 Å². The molecule has 0 radical (unpaired) electrons. The Bertz CT molecular complexity index is 1200. The Morgan fingerprint density at radius 1 is 0.500 bits per heavy atom. The lowest BCUT2D eigenvalue weighted by atomic mass is 10.1. The van der Waals surface area contributed by atoms with Crippen molar-refractivity contribution in [1.29, 1.82) is 0 Å². The summed E-state index contributed by atoms with van der Waals surface area (Å²) in [5.74, 6) is 0. The number of nitrogen functional groups attached to an aromatic ring is 2. The normalized spacial score (nSPS) is 10.2. The minimum Gasteiger partial charge on any atom is -1.00 e. The number of hydrogen-bond acceptors (Lipinski definition) is 4. The van der Waals surface area contributed by atoms with Crippen LogP contribution in [0, 0.1) is 0 Å². The van der Waals surface area contributed by atoms with Crippen molar-refractivity contribution in [3.05, 3.63) is 95.7 Å². The van der Waals surface area contributed by atoms with E-state index in [2.05, 4.69) is 68.4 Å². The van der Waals surface area contributed by atoms with Crippen molar-refractivity contribution in [2.75, 3.05) is 11.5 Å². The average Bonchev–Trinajstić information content (AvgIpc) is 3.38. The van der Waals surface area contributed by atoms with Crippen LogP contribution in [0.4, 0.5) is 10.3 Å². The van der Waals surface area contributed by atoms with Gasteiger partial charge in [-0.25, -0.2) is 0 Å². The summed E-state index contributed by atoms with van der Waals surface area (Å²) in [6.07, 6.45) is 0. The SMILES string of the molecule is Nc1scc(-c2ccc(-c3csc(N)[n+]3-c3ccccc3)cc2)[n+]1-c1ccccc1.[Br-].[Br-]. The van der Waals surface area contributed by atoms with Gasteiger partial charge in [-0.2, -0.15) is 9.13 Å². The first-order valence-electron chi connectivity index (χ1n) is 9.52. The van der Waals surface area contributed by atoms with E-state index in [1.165, 1.54) is 0 Å². The van der Waals surface area contributed by atoms with Crippen LogP contribution in [-0.2, 0) is 0 Å². The lowest BCUT2D eigenvalue weighted by Crippen LogP contribution is -3.00. The lowest BCUT2D eigenvalue weighted by Gasteiger charge is -2.06. The summed E-state index contributed by atoms with van der Waals surface area (Å²) in [5, 5.41) is 5.72. The number of nitrogens with zero attached hydrogens (tertiary/aromatic N) is 2. The van der Waals surface area contributed by atoms with Crippen molar-refractivity contribution < 1.29 is 43.1 Å². The van der Waals surface area contributed by atoms with Crippen LogP contribution in [0.1, 0.15) is 0 Å². The van der Waals surface area contributed by atoms with Gasteiger partial charge in [0.25, 0.3) is 0 Å². The maximum Gasteiger partial charge on any atom is 0.337 e. The molecule has 0 bridgehead atoms. The number of benzene rings is 3. The Hall–Kier alpha value is -2.52. The number of hydrogen-bond donors (Lipinski definition) is 2. The highest BCUT2D eigenvalue weighted by atomic mass is 79.9. The summed E-state index contributed by atoms with van der Waals surface area (Å²) < 4.78 is 4.18. The molecule has 8 heteroatoms. The smallest absolute Gasteiger partial charge is 0.337 e. The third-order valence-corrected chi connectivity index (χ3v) is 6.54. The molecule has 0 saturated carbocycles. The fraction of sp³-hybridized carbons (Fsp3) is 0. The summed E-state index contributed by atoms with van der Waals surface area (Å²) >= 11 is 3.09. The Morgan fingerprint density at radius 3 is 1.19 bits per heavy atom. The van der Waals surface area contributed by atoms with E-state index in [4.69, 9.17) is 11.5 Å². The van der Waals surface area contributed by atoms with Gasteiger partial charge in [0, 0.05) is 21.9 Å². The molecule has 0 amide bonds. The summed E-state index contributed by atoms with van der Waals surface area (Å²) in [5.41, 5.74) is 19.1. The number of thiazole rings is 2. The second-order valence-electron chi connectivity index (χ2n) is 6.84. The third-order valence-electron chi connectivity index (χ3n) is 5.01. The number of anilines is 2. The zero-order valence-electron chi connectivity index (χ0n) is 16.9. The molecule has 0 aliphatic carbocycles. The predicted octanol–water partition coefficient (Wildman–Crippen LogP) is -1.13. The van der Waals surface area contributed by atoms with E-state index in [-0.39, 0.29) is 34.0 Å². The van der Waals surface area contributed by atoms with Crippen LogP contribution in [0.25, 0.3) is 33.9 Å². The van der Waals surface area contributed by atoms with E-state index in [1.54, 1.807) is 22.7 Å². The molecule has 5 rings (SSSR count). The zero-order valence-corrected chi connectivity index (χ0v) is 21.7. The van der Waals surface area contributed by atoms with Crippen molar-refractivity contribution in [2.24, 2.45) is 0 Å². The highest BCUT2D eigenvalue weighted by Crippen LogP contribution is 2.28. The number of nitrogens with two attached hydrogens (primary N) is 2. The van der Waals surface area contributed by atoms with Crippen molar-refractivity contribution in [3.8, 4) is 33.9 Å². The molecule has 2 heterocycles. The summed E-state index contributed by atoms with van der Waals surface area (Å²) in [6, 6.07) is 28.9. The second-order valence-corrected chi connectivity index (χ2v) is 8.62. The predicted molar refractivity (Wildman–Crippen MR) is 125 cm³/mol. The van der Waals surface area contributed by atoms with E-state index < -0.39 is 0 Å². The molecule has 0 atom stereocenters. The summed E-state index contributed by atoms with van der Waals surface area (Å²) in [4.78, 5) is 0. The molecule has 2 aromatic heterocycles. The van der Waals surface area contributed by atoms with Gasteiger partial charge in [0.2, 0.25) is 0 Å². The van der Waals surface area contributed by atoms with Gasteiger partial charge < -0.3 is 34.0 Å². The summed E-state index contributed by atoms with van der Waals surface area (Å²) in [7, 11) is 0. The first-order chi connectivity index (χ1) is 14.7. The fourth-order valence-electron chi connectivity index (χ4n) is 3.57. The maximum absolute atomic E-state index is 6.28. The average molecular weight is 588 g/mol. The number of aromatic nitrogens is 2. The molecule has 0 aliphatic heterocycles. The van der Waals surface area contributed by atoms with Gasteiger partial charge in [-0.05, 0) is 48.5 Å². The van der Waals surface area contributed by atoms with E-state index in [1.807, 2.05) is 36.4 Å². The number of halogens is 2. The molecule has 5 aromatic rings. The first kappa shape index (κ1) is 24.1. The van der Waals surface area contributed by atoms with E-state index >= 15 is 0 Å². The minimum atomic E-state index is 0. The zero-order chi connectivity index (χ0) is 20.5. The minimum absolute atomic E-state index is 0. The largest absolute Gasteiger partial charge is 1.00 e. The second kappa shape index (κ2) is 10.4. The molecular formula is C24H20Br2N4S2. The fourth-order valence-corrected chi connectivity index (χ4v) is 5.14. The van der Waals surface area contributed by atoms with Gasteiger partial charge in [0.1, 0.15) is 11.4 Å². The first-order valence-corrected chi connectivity index (χ1v) is 11.3. The molecule has 0 unspecified atom stereocenters. The van der Waals surface area contributed by atoms with Gasteiger partial charge >= 0.3 is 10.3 Å². The quantitative estimate of drug-likeness (QED) is 0.262. The molecule has 0 fully saturated rings. The van der Waals surface area contributed by atoms with Crippen LogP contribution in [0.15, 0.2) is 95.7 Å². The van der Waals surface area contributed by atoms with Gasteiger partial charge in [-0.1, -0.05) is 59.1 Å². The van der Waals surface area contributed by atoms with Crippen LogP contribution in [0.3, 0.4) is 0 Å². The standard InChI is InChI=1S/C24H18N4S2.2BrH/c25-23-27(19-7-3-1-4-8-19)21(15-29-23)17-11-13-18(14-12-17)22-16-30-24(26)28(22)20-9-5-2-6-10-20;;/h1-16,25-26H;2*1H. The maximum atomic E-state index is 6.28. The van der Waals surface area contributed by atoms with Crippen LogP contribution in [0.5, 0.6) is 0 Å². The third kappa shape index (κ3) is 4.49. The molecule has 0 aliphatic rings. The van der Waals surface area contributed by atoms with Crippen molar-refractivity contribution >= 4 is 32.9 Å². The lowest BCUT2D eigenvalue weighted by molar-refractivity contribution is -0.564. The van der Waals surface area contributed by atoms with Crippen molar-refractivity contribution in [1.82, 2.24) is 0 Å². The van der Waals surface area contributed by atoms with E-state index in [0.29, 0.717) is 0 Å². The Kier molecular flexibility index (Phi) is 7.84. The monoisotopic (exact) mass is 586 g/mol. The van der Waals surface area contributed by atoms with E-state index in [0.717, 1.165) is 44.2 Å². The van der Waals surface area contributed by atoms with Crippen LogP contribution in [0.2, 0.25) is 0 Å².